The van der Waals surface area contributed by atoms with Crippen molar-refractivity contribution in [1.82, 2.24) is 0 Å². The Kier molecular flexibility index (Phi) is 1.64. The number of phenolic OH excluding ortho intramolecular Hbond substituents is 1. The molecule has 1 aliphatic heterocycles. The molecule has 0 aromatic heterocycles. The van der Waals surface area contributed by atoms with E-state index in [1.54, 1.807) is 18.2 Å². The van der Waals surface area contributed by atoms with Crippen molar-refractivity contribution in [3.8, 4) is 5.75 Å². The van der Waals surface area contributed by atoms with E-state index in [9.17, 15) is 9.50 Å². The van der Waals surface area contributed by atoms with E-state index in [0.29, 0.717) is 24.2 Å². The van der Waals surface area contributed by atoms with Crippen molar-refractivity contribution in [3.63, 3.8) is 0 Å². The second-order valence-corrected chi connectivity index (χ2v) is 2.92. The van der Waals surface area contributed by atoms with Gasteiger partial charge in [0.05, 0.1) is 5.69 Å². The van der Waals surface area contributed by atoms with Gasteiger partial charge in [-0.1, -0.05) is 12.1 Å². The fourth-order valence-electron chi connectivity index (χ4n) is 1.49. The van der Waals surface area contributed by atoms with Crippen LogP contribution < -0.4 is 5.32 Å². The van der Waals surface area contributed by atoms with Gasteiger partial charge in [0.25, 0.3) is 0 Å². The molecule has 64 valence electrons. The lowest BCUT2D eigenvalue weighted by Crippen LogP contribution is -2.13. The summed E-state index contributed by atoms with van der Waals surface area (Å²) in [6.07, 6.45) is -0.454. The Morgan fingerprint density at radius 2 is 2.33 bits per heavy atom. The molecule has 2 nitrogen and oxygen atoms in total. The van der Waals surface area contributed by atoms with E-state index in [2.05, 4.69) is 5.32 Å². The Hall–Kier alpha value is -1.25. The molecular weight excluding hydrogens is 157 g/mol. The number of aromatic hydroxyl groups is 1. The zero-order chi connectivity index (χ0) is 8.55. The van der Waals surface area contributed by atoms with Crippen molar-refractivity contribution in [3.05, 3.63) is 23.8 Å². The Balaban J connectivity index is 2.52. The summed E-state index contributed by atoms with van der Waals surface area (Å²) in [5.41, 5.74) is 1.12. The molecule has 0 fully saturated rings. The molecule has 1 unspecified atom stereocenters. The number of rotatable bonds is 0. The predicted molar refractivity (Wildman–Crippen MR) is 45.1 cm³/mol. The summed E-state index contributed by atoms with van der Waals surface area (Å²) in [5.74, 6) is 0.134. The molecule has 0 bridgehead atoms. The molecule has 2 N–H and O–H groups in total. The Bertz CT molecular complexity index is 301. The number of halogens is 1. The maximum atomic E-state index is 13.2. The van der Waals surface area contributed by atoms with Gasteiger partial charge >= 0.3 is 0 Å². The van der Waals surface area contributed by atoms with Gasteiger partial charge in [-0.15, -0.1) is 0 Å². The van der Waals surface area contributed by atoms with E-state index in [-0.39, 0.29) is 5.75 Å². The highest BCUT2D eigenvalue weighted by atomic mass is 19.1. The SMILES string of the molecule is Oc1cccc2c1NCCC2F. The molecule has 0 aliphatic carbocycles. The second-order valence-electron chi connectivity index (χ2n) is 2.92. The van der Waals surface area contributed by atoms with E-state index in [4.69, 9.17) is 0 Å². The third-order valence-electron chi connectivity index (χ3n) is 2.11. The molecule has 1 heterocycles. The van der Waals surface area contributed by atoms with Crippen molar-refractivity contribution in [2.24, 2.45) is 0 Å². The monoisotopic (exact) mass is 167 g/mol. The highest BCUT2D eigenvalue weighted by Crippen LogP contribution is 2.37. The number of benzene rings is 1. The molecule has 0 amide bonds. The lowest BCUT2D eigenvalue weighted by atomic mass is 10.0. The quantitative estimate of drug-likeness (QED) is 0.580. The van der Waals surface area contributed by atoms with E-state index < -0.39 is 6.17 Å². The molecule has 1 aromatic carbocycles. The molecular formula is C9H10FNO. The molecule has 1 aromatic rings. The number of anilines is 1. The van der Waals surface area contributed by atoms with Crippen molar-refractivity contribution < 1.29 is 9.50 Å². The van der Waals surface area contributed by atoms with Crippen LogP contribution in [0.4, 0.5) is 10.1 Å². The van der Waals surface area contributed by atoms with Crippen LogP contribution in [0.3, 0.4) is 0 Å². The van der Waals surface area contributed by atoms with Gasteiger partial charge in [0.15, 0.2) is 0 Å². The maximum absolute atomic E-state index is 13.2. The minimum atomic E-state index is -0.937. The third kappa shape index (κ3) is 1.02. The average Bonchev–Trinajstić information content (AvgIpc) is 2.07. The standard InChI is InChI=1S/C9H10FNO/c10-7-4-5-11-9-6(7)2-1-3-8(9)12/h1-3,7,11-12H,4-5H2. The van der Waals surface area contributed by atoms with E-state index in [1.807, 2.05) is 0 Å². The Morgan fingerprint density at radius 1 is 1.50 bits per heavy atom. The number of hydrogen-bond donors (Lipinski definition) is 2. The average molecular weight is 167 g/mol. The van der Waals surface area contributed by atoms with Crippen LogP contribution in [-0.4, -0.2) is 11.7 Å². The molecule has 1 atom stereocenters. The summed E-state index contributed by atoms with van der Waals surface area (Å²) in [4.78, 5) is 0. The minimum Gasteiger partial charge on any atom is -0.506 e. The summed E-state index contributed by atoms with van der Waals surface area (Å²) in [5, 5.41) is 12.3. The summed E-state index contributed by atoms with van der Waals surface area (Å²) in [6.45, 7) is 0.589. The first-order chi connectivity index (χ1) is 5.79. The zero-order valence-electron chi connectivity index (χ0n) is 6.55. The van der Waals surface area contributed by atoms with Gasteiger partial charge < -0.3 is 10.4 Å². The molecule has 0 spiro atoms. The van der Waals surface area contributed by atoms with Crippen molar-refractivity contribution in [2.75, 3.05) is 11.9 Å². The van der Waals surface area contributed by atoms with Crippen molar-refractivity contribution in [1.29, 1.82) is 0 Å². The first-order valence-electron chi connectivity index (χ1n) is 3.99. The lowest BCUT2D eigenvalue weighted by Gasteiger charge is -2.21. The molecule has 12 heavy (non-hydrogen) atoms. The zero-order valence-corrected chi connectivity index (χ0v) is 6.55. The first-order valence-corrected chi connectivity index (χ1v) is 3.99. The molecule has 0 saturated carbocycles. The molecule has 0 saturated heterocycles. The predicted octanol–water partition coefficient (Wildman–Crippen LogP) is 2.22. The number of alkyl halides is 1. The minimum absolute atomic E-state index is 0.134. The van der Waals surface area contributed by atoms with Crippen LogP contribution in [0.25, 0.3) is 0 Å². The molecule has 1 aliphatic rings. The molecule has 0 radical (unpaired) electrons. The molecule has 3 heteroatoms. The summed E-state index contributed by atoms with van der Waals surface area (Å²) < 4.78 is 13.2. The third-order valence-corrected chi connectivity index (χ3v) is 2.11. The normalized spacial score (nSPS) is 21.2. The van der Waals surface area contributed by atoms with Crippen LogP contribution in [0.1, 0.15) is 18.2 Å². The smallest absolute Gasteiger partial charge is 0.139 e. The van der Waals surface area contributed by atoms with Crippen LogP contribution in [0.15, 0.2) is 18.2 Å². The Morgan fingerprint density at radius 3 is 3.08 bits per heavy atom. The number of para-hydroxylation sites is 1. The number of hydrogen-bond acceptors (Lipinski definition) is 2. The first kappa shape index (κ1) is 7.40. The molecule has 2 rings (SSSR count). The van der Waals surface area contributed by atoms with Gasteiger partial charge in [-0.05, 0) is 6.07 Å². The second kappa shape index (κ2) is 2.66. The van der Waals surface area contributed by atoms with Gasteiger partial charge in [-0.2, -0.15) is 0 Å². The van der Waals surface area contributed by atoms with E-state index >= 15 is 0 Å². The van der Waals surface area contributed by atoms with Crippen LogP contribution in [-0.2, 0) is 0 Å². The topological polar surface area (TPSA) is 32.3 Å². The lowest BCUT2D eigenvalue weighted by molar-refractivity contribution is 0.323. The van der Waals surface area contributed by atoms with Gasteiger partial charge in [0, 0.05) is 18.5 Å². The number of fused-ring (bicyclic) bond motifs is 1. The van der Waals surface area contributed by atoms with Gasteiger partial charge in [0.1, 0.15) is 11.9 Å². The van der Waals surface area contributed by atoms with Crippen LogP contribution in [0, 0.1) is 0 Å². The number of phenols is 1. The van der Waals surface area contributed by atoms with Gasteiger partial charge in [-0.3, -0.25) is 0 Å². The van der Waals surface area contributed by atoms with Crippen molar-refractivity contribution in [2.45, 2.75) is 12.6 Å². The maximum Gasteiger partial charge on any atom is 0.139 e. The fourth-order valence-corrected chi connectivity index (χ4v) is 1.49. The highest BCUT2D eigenvalue weighted by molar-refractivity contribution is 5.63. The van der Waals surface area contributed by atoms with E-state index in [1.165, 1.54) is 0 Å². The summed E-state index contributed by atoms with van der Waals surface area (Å²) in [6, 6.07) is 4.92. The van der Waals surface area contributed by atoms with Crippen LogP contribution >= 0.6 is 0 Å². The summed E-state index contributed by atoms with van der Waals surface area (Å²) >= 11 is 0. The number of nitrogens with one attached hydrogen (secondary N) is 1. The highest BCUT2D eigenvalue weighted by Gasteiger charge is 2.20. The van der Waals surface area contributed by atoms with Gasteiger partial charge in [-0.25, -0.2) is 4.39 Å². The van der Waals surface area contributed by atoms with Gasteiger partial charge in [0.2, 0.25) is 0 Å². The Labute approximate surface area is 70.0 Å². The largest absolute Gasteiger partial charge is 0.506 e. The van der Waals surface area contributed by atoms with Crippen LogP contribution in [0.2, 0.25) is 0 Å². The van der Waals surface area contributed by atoms with Crippen molar-refractivity contribution >= 4 is 5.69 Å². The fraction of sp³-hybridized carbons (Fsp3) is 0.333. The van der Waals surface area contributed by atoms with Crippen LogP contribution in [0.5, 0.6) is 5.75 Å². The van der Waals surface area contributed by atoms with E-state index in [0.717, 1.165) is 0 Å². The summed E-state index contributed by atoms with van der Waals surface area (Å²) in [7, 11) is 0.